The van der Waals surface area contributed by atoms with E-state index in [2.05, 4.69) is 17.1 Å². The molecule has 0 unspecified atom stereocenters. The Morgan fingerprint density at radius 3 is 1.70 bits per heavy atom. The van der Waals surface area contributed by atoms with E-state index >= 15 is 0 Å². The van der Waals surface area contributed by atoms with Gasteiger partial charge in [-0.2, -0.15) is 11.8 Å². The van der Waals surface area contributed by atoms with Crippen LogP contribution in [-0.2, 0) is 0 Å². The lowest BCUT2D eigenvalue weighted by atomic mass is 9.96. The molecule has 0 bridgehead atoms. The molecule has 1 nitrogen and oxygen atoms in total. The lowest BCUT2D eigenvalue weighted by molar-refractivity contribution is 0.360. The second-order valence-electron chi connectivity index (χ2n) is 6.92. The zero-order chi connectivity index (χ0) is 13.9. The maximum atomic E-state index is 3.93. The summed E-state index contributed by atoms with van der Waals surface area (Å²) in [6.07, 6.45) is 19.0. The minimum Gasteiger partial charge on any atom is -0.314 e. The Labute approximate surface area is 131 Å². The molecule has 118 valence electrons. The van der Waals surface area contributed by atoms with E-state index in [1.54, 1.807) is 0 Å². The zero-order valence-corrected chi connectivity index (χ0v) is 14.2. The summed E-state index contributed by atoms with van der Waals surface area (Å²) in [5.74, 6) is 3.77. The molecular weight excluding hydrogens is 262 g/mol. The molecule has 0 atom stereocenters. The smallest absolute Gasteiger partial charge is 0.00671 e. The number of thioether (sulfide) groups is 1. The molecule has 1 N–H and O–H groups in total. The van der Waals surface area contributed by atoms with Crippen LogP contribution in [0.25, 0.3) is 0 Å². The summed E-state index contributed by atoms with van der Waals surface area (Å²) in [5.41, 5.74) is 0. The Bertz CT molecular complexity index is 213. The molecule has 0 amide bonds. The molecule has 0 spiro atoms. The van der Waals surface area contributed by atoms with Gasteiger partial charge >= 0.3 is 0 Å². The predicted octanol–water partition coefficient (Wildman–Crippen LogP) is 5.39. The van der Waals surface area contributed by atoms with Gasteiger partial charge in [0.1, 0.15) is 0 Å². The molecule has 1 aliphatic carbocycles. The van der Waals surface area contributed by atoms with Crippen molar-refractivity contribution >= 4 is 11.8 Å². The van der Waals surface area contributed by atoms with Gasteiger partial charge in [0.15, 0.2) is 0 Å². The molecule has 20 heavy (non-hydrogen) atoms. The fourth-order valence-electron chi connectivity index (χ4n) is 3.65. The molecule has 2 fully saturated rings. The van der Waals surface area contributed by atoms with E-state index in [4.69, 9.17) is 0 Å². The van der Waals surface area contributed by atoms with Crippen molar-refractivity contribution in [2.24, 2.45) is 5.92 Å². The minimum atomic E-state index is 0.823. The molecule has 0 aromatic carbocycles. The van der Waals surface area contributed by atoms with Gasteiger partial charge in [0.05, 0.1) is 0 Å². The van der Waals surface area contributed by atoms with Crippen LogP contribution < -0.4 is 5.32 Å². The van der Waals surface area contributed by atoms with Gasteiger partial charge in [-0.15, -0.1) is 0 Å². The highest BCUT2D eigenvalue weighted by Gasteiger charge is 2.16. The van der Waals surface area contributed by atoms with Crippen molar-refractivity contribution in [2.45, 2.75) is 89.5 Å². The lowest BCUT2D eigenvalue weighted by Crippen LogP contribution is -2.34. The van der Waals surface area contributed by atoms with Crippen molar-refractivity contribution in [3.05, 3.63) is 0 Å². The van der Waals surface area contributed by atoms with Gasteiger partial charge in [-0.05, 0) is 49.7 Å². The first-order valence-electron chi connectivity index (χ1n) is 9.26. The van der Waals surface area contributed by atoms with Crippen molar-refractivity contribution < 1.29 is 0 Å². The first-order valence-corrected chi connectivity index (χ1v) is 10.4. The summed E-state index contributed by atoms with van der Waals surface area (Å²) in [5, 5.41) is 3.93. The van der Waals surface area contributed by atoms with Crippen LogP contribution >= 0.6 is 11.8 Å². The van der Waals surface area contributed by atoms with Crippen molar-refractivity contribution in [3.8, 4) is 0 Å². The lowest BCUT2D eigenvalue weighted by Gasteiger charge is -2.26. The first-order chi connectivity index (χ1) is 9.95. The van der Waals surface area contributed by atoms with Gasteiger partial charge in [0.25, 0.3) is 0 Å². The second-order valence-corrected chi connectivity index (χ2v) is 8.14. The molecule has 1 saturated carbocycles. The third-order valence-corrected chi connectivity index (χ3v) is 6.19. The van der Waals surface area contributed by atoms with Crippen molar-refractivity contribution in [1.82, 2.24) is 5.32 Å². The van der Waals surface area contributed by atoms with Crippen LogP contribution in [0.15, 0.2) is 0 Å². The van der Waals surface area contributed by atoms with E-state index in [9.17, 15) is 0 Å². The van der Waals surface area contributed by atoms with Gasteiger partial charge in [-0.25, -0.2) is 0 Å². The van der Waals surface area contributed by atoms with Crippen molar-refractivity contribution in [2.75, 3.05) is 18.1 Å². The quantitative estimate of drug-likeness (QED) is 0.749. The van der Waals surface area contributed by atoms with Crippen LogP contribution in [-0.4, -0.2) is 24.1 Å². The molecule has 2 rings (SSSR count). The van der Waals surface area contributed by atoms with E-state index in [-0.39, 0.29) is 0 Å². The predicted molar refractivity (Wildman–Crippen MR) is 92.6 cm³/mol. The fourth-order valence-corrected chi connectivity index (χ4v) is 4.86. The van der Waals surface area contributed by atoms with Gasteiger partial charge in [0.2, 0.25) is 0 Å². The Morgan fingerprint density at radius 1 is 0.650 bits per heavy atom. The van der Waals surface area contributed by atoms with Crippen LogP contribution in [0.2, 0.25) is 0 Å². The van der Waals surface area contributed by atoms with E-state index in [0.29, 0.717) is 0 Å². The van der Waals surface area contributed by atoms with Crippen molar-refractivity contribution in [1.29, 1.82) is 0 Å². The van der Waals surface area contributed by atoms with Gasteiger partial charge in [-0.1, -0.05) is 57.8 Å². The standard InChI is InChI=1S/C18H35NS/c1-2-4-6-8-10-18(11-9-7-5-3-1)19-16-17-12-14-20-15-13-17/h17-19H,1-16H2. The first kappa shape index (κ1) is 16.7. The molecule has 1 heterocycles. The number of hydrogen-bond donors (Lipinski definition) is 1. The summed E-state index contributed by atoms with van der Waals surface area (Å²) in [4.78, 5) is 0. The van der Waals surface area contributed by atoms with Gasteiger partial charge in [0, 0.05) is 6.04 Å². The third-order valence-electron chi connectivity index (χ3n) is 5.14. The van der Waals surface area contributed by atoms with E-state index in [1.165, 1.54) is 102 Å². The third kappa shape index (κ3) is 7.36. The highest BCUT2D eigenvalue weighted by atomic mass is 32.2. The summed E-state index contributed by atoms with van der Waals surface area (Å²) in [6.45, 7) is 1.30. The normalized spacial score (nSPS) is 25.8. The number of hydrogen-bond acceptors (Lipinski definition) is 2. The second kappa shape index (κ2) is 11.0. The maximum absolute atomic E-state index is 3.93. The SMILES string of the molecule is C1CCCCCC(NCC2CCSCC2)CCCCC1. The summed E-state index contributed by atoms with van der Waals surface area (Å²) in [7, 11) is 0. The Kier molecular flexibility index (Phi) is 9.13. The minimum absolute atomic E-state index is 0.823. The molecule has 2 heteroatoms. The molecule has 0 aromatic heterocycles. The molecule has 2 aliphatic rings. The number of nitrogens with one attached hydrogen (secondary N) is 1. The zero-order valence-electron chi connectivity index (χ0n) is 13.4. The average Bonchev–Trinajstić information content (AvgIpc) is 2.48. The van der Waals surface area contributed by atoms with E-state index in [1.807, 2.05) is 0 Å². The van der Waals surface area contributed by atoms with Crippen LogP contribution in [0.5, 0.6) is 0 Å². The highest BCUT2D eigenvalue weighted by Crippen LogP contribution is 2.23. The summed E-state index contributed by atoms with van der Waals surface area (Å²) in [6, 6.07) is 0.823. The van der Waals surface area contributed by atoms with Crippen LogP contribution in [0.4, 0.5) is 0 Å². The van der Waals surface area contributed by atoms with E-state index in [0.717, 1.165) is 12.0 Å². The van der Waals surface area contributed by atoms with Crippen LogP contribution in [0.1, 0.15) is 83.5 Å². The van der Waals surface area contributed by atoms with E-state index < -0.39 is 0 Å². The largest absolute Gasteiger partial charge is 0.314 e. The molecular formula is C18H35NS. The van der Waals surface area contributed by atoms with Gasteiger partial charge < -0.3 is 5.32 Å². The maximum Gasteiger partial charge on any atom is 0.00671 e. The van der Waals surface area contributed by atoms with Crippen LogP contribution in [0.3, 0.4) is 0 Å². The van der Waals surface area contributed by atoms with Gasteiger partial charge in [-0.3, -0.25) is 0 Å². The van der Waals surface area contributed by atoms with Crippen molar-refractivity contribution in [3.63, 3.8) is 0 Å². The summed E-state index contributed by atoms with van der Waals surface area (Å²) >= 11 is 2.15. The monoisotopic (exact) mass is 297 g/mol. The molecule has 0 radical (unpaired) electrons. The highest BCUT2D eigenvalue weighted by molar-refractivity contribution is 7.99. The molecule has 1 aliphatic heterocycles. The topological polar surface area (TPSA) is 12.0 Å². The molecule has 0 aromatic rings. The van der Waals surface area contributed by atoms with Crippen LogP contribution in [0, 0.1) is 5.92 Å². The molecule has 1 saturated heterocycles. The fraction of sp³-hybridized carbons (Fsp3) is 1.00. The summed E-state index contributed by atoms with van der Waals surface area (Å²) < 4.78 is 0. The Morgan fingerprint density at radius 2 is 1.15 bits per heavy atom. The Balaban J connectivity index is 1.65. The average molecular weight is 298 g/mol. The number of rotatable bonds is 3. The Hall–Kier alpha value is 0.310.